The second kappa shape index (κ2) is 34.4. The molecule has 0 atom stereocenters. The topological polar surface area (TPSA) is 310 Å². The molecule has 0 fully saturated rings. The van der Waals surface area contributed by atoms with Gasteiger partial charge < -0.3 is 33.9 Å². The zero-order chi connectivity index (χ0) is 58.3. The molecule has 2 heterocycles. The number of hydrogen-bond acceptors (Lipinski definition) is 16. The molecule has 5 aromatic rings. The lowest BCUT2D eigenvalue weighted by Gasteiger charge is -2.06. The van der Waals surface area contributed by atoms with E-state index in [1.165, 1.54) is 70.3 Å². The highest BCUT2D eigenvalue weighted by atomic mass is 79.9. The van der Waals surface area contributed by atoms with Gasteiger partial charge >= 0.3 is 46.8 Å². The van der Waals surface area contributed by atoms with Gasteiger partial charge in [-0.2, -0.15) is 53.2 Å². The Kier molecular flexibility index (Phi) is 31.1. The van der Waals surface area contributed by atoms with Crippen LogP contribution in [0.25, 0.3) is 22.5 Å². The summed E-state index contributed by atoms with van der Waals surface area (Å²) in [4.78, 5) is 60.8. The Balaban J connectivity index is 0.000000942. The summed E-state index contributed by atoms with van der Waals surface area (Å²) < 4.78 is 166. The SMILES string of the molecule is COC(=O)CCC#N.COC(=O)CCC(N)=O.COC(=O)CCc1nc(-c2ccc(C(F)(F)F)cc2)co1.O=C(CBr)c1ccc(C(F)(F)F)cc1.O=S(=O)(O)O.OCCCc1nc(-c2ccc(C(F)(F)F)cc2)co1. The van der Waals surface area contributed by atoms with Gasteiger partial charge in [-0.25, -0.2) is 9.97 Å². The molecule has 0 spiro atoms. The molecule has 5 rings (SSSR count). The number of alkyl halides is 10. The number of oxazole rings is 2. The summed E-state index contributed by atoms with van der Waals surface area (Å²) in [6.07, 6.45) is -8.30. The van der Waals surface area contributed by atoms with Gasteiger partial charge in [-0.15, -0.1) is 0 Å². The predicted molar refractivity (Wildman–Crippen MR) is 251 cm³/mol. The highest BCUT2D eigenvalue weighted by Crippen LogP contribution is 2.32. The van der Waals surface area contributed by atoms with Crippen molar-refractivity contribution in [2.75, 3.05) is 33.3 Å². The summed E-state index contributed by atoms with van der Waals surface area (Å²) in [7, 11) is -0.811. The number of nitrogens with zero attached hydrogens (tertiary/aromatic N) is 3. The van der Waals surface area contributed by atoms with E-state index in [4.69, 9.17) is 42.5 Å². The number of hydrogen-bond donors (Lipinski definition) is 4. The fourth-order valence-corrected chi connectivity index (χ4v) is 5.15. The molecule has 2 aromatic heterocycles. The molecule has 418 valence electrons. The number of primary amides is 1. The van der Waals surface area contributed by atoms with Crippen molar-refractivity contribution in [3.8, 4) is 28.6 Å². The van der Waals surface area contributed by atoms with Crippen molar-refractivity contribution in [3.63, 3.8) is 0 Å². The number of halogens is 10. The number of Topliss-reactive ketones (excluding diaryl/α,β-unsaturated/α-hetero) is 1. The molecule has 30 heteroatoms. The standard InChI is InChI=1S/C14H12F3NO3.C13H12F3NO2.C9H6BrF3O.C5H9NO3.C5H7NO2.H2O4S/c1-20-13(19)7-6-12-18-11(8-21-12)9-2-4-10(5-3-9)14(15,16)17;14-13(15,16)10-5-3-9(4-6-10)11-8-19-12(17-11)2-1-7-18;10-5-8(14)6-1-3-7(4-2-6)9(11,12)13;1-9-5(8)3-2-4(6)7;1-8-5(7)3-2-4-6;1-5(2,3)4/h2-5,8H,6-7H2,1H3;3-6,8,18H,1-2,7H2;1-4H,5H2;2-3H2,1H3,(H2,6,7);2-3H2,1H3;(H2,1,2,3,4). The van der Waals surface area contributed by atoms with Crippen molar-refractivity contribution in [2.24, 2.45) is 5.73 Å². The van der Waals surface area contributed by atoms with Gasteiger partial charge in [0.05, 0.1) is 68.7 Å². The molecule has 0 aliphatic carbocycles. The number of aliphatic hydroxyl groups excluding tert-OH is 1. The lowest BCUT2D eigenvalue weighted by Crippen LogP contribution is -2.13. The second-order valence-electron chi connectivity index (χ2n) is 14.2. The number of ether oxygens (including phenoxy) is 3. The Bertz CT molecular complexity index is 2700. The van der Waals surface area contributed by atoms with E-state index in [2.05, 4.69) is 40.1 Å². The fraction of sp³-hybridized carbons (Fsp3) is 0.348. The van der Waals surface area contributed by atoms with Gasteiger partial charge in [0.15, 0.2) is 17.6 Å². The third-order valence-electron chi connectivity index (χ3n) is 8.57. The third-order valence-corrected chi connectivity index (χ3v) is 9.08. The maximum absolute atomic E-state index is 12.5. The lowest BCUT2D eigenvalue weighted by molar-refractivity contribution is -0.142. The summed E-state index contributed by atoms with van der Waals surface area (Å²) in [6, 6.07) is 15.3. The number of aryl methyl sites for hydroxylation is 2. The van der Waals surface area contributed by atoms with Crippen molar-refractivity contribution in [3.05, 3.63) is 119 Å². The van der Waals surface area contributed by atoms with Crippen LogP contribution >= 0.6 is 15.9 Å². The molecule has 76 heavy (non-hydrogen) atoms. The Morgan fingerprint density at radius 2 is 0.987 bits per heavy atom. The second-order valence-corrected chi connectivity index (χ2v) is 15.6. The average Bonchev–Trinajstić information content (AvgIpc) is 4.06. The first-order valence-corrected chi connectivity index (χ1v) is 23.5. The minimum absolute atomic E-state index is 0.0397. The first kappa shape index (κ1) is 68.8. The van der Waals surface area contributed by atoms with E-state index in [0.29, 0.717) is 47.1 Å². The van der Waals surface area contributed by atoms with Crippen molar-refractivity contribution in [1.82, 2.24) is 9.97 Å². The number of benzene rings is 3. The van der Waals surface area contributed by atoms with Crippen molar-refractivity contribution in [1.29, 1.82) is 5.26 Å². The number of amides is 1. The summed E-state index contributed by atoms with van der Waals surface area (Å²) >= 11 is 2.94. The number of nitrogens with two attached hydrogens (primary N) is 1. The Morgan fingerprint density at radius 3 is 1.32 bits per heavy atom. The summed E-state index contributed by atoms with van der Waals surface area (Å²) in [5, 5.41) is 16.7. The largest absolute Gasteiger partial charge is 0.469 e. The van der Waals surface area contributed by atoms with E-state index in [-0.39, 0.29) is 73.7 Å². The molecule has 19 nitrogen and oxygen atoms in total. The van der Waals surface area contributed by atoms with Gasteiger partial charge in [-0.1, -0.05) is 52.3 Å². The molecule has 0 unspecified atom stereocenters. The molecule has 0 saturated heterocycles. The van der Waals surface area contributed by atoms with Crippen LogP contribution in [0.3, 0.4) is 0 Å². The van der Waals surface area contributed by atoms with Crippen LogP contribution in [0.1, 0.15) is 77.4 Å². The van der Waals surface area contributed by atoms with Crippen LogP contribution < -0.4 is 5.73 Å². The van der Waals surface area contributed by atoms with Crippen molar-refractivity contribution in [2.45, 2.75) is 69.9 Å². The number of aromatic nitrogens is 2. The number of carbonyl (C=O) groups excluding carboxylic acids is 5. The number of methoxy groups -OCH3 is 3. The number of nitriles is 1. The van der Waals surface area contributed by atoms with Gasteiger partial charge in [0.2, 0.25) is 5.91 Å². The molecule has 5 N–H and O–H groups in total. The first-order chi connectivity index (χ1) is 35.3. The molecule has 0 saturated carbocycles. The third kappa shape index (κ3) is 30.9. The van der Waals surface area contributed by atoms with Crippen LogP contribution in [0.2, 0.25) is 0 Å². The fourth-order valence-electron chi connectivity index (χ4n) is 4.83. The Hall–Kier alpha value is -7.20. The zero-order valence-electron chi connectivity index (χ0n) is 40.0. The Labute approximate surface area is 435 Å². The van der Waals surface area contributed by atoms with Gasteiger partial charge in [-0.3, -0.25) is 33.1 Å². The number of aliphatic hydroxyl groups is 1. The minimum atomic E-state index is -4.67. The predicted octanol–water partition coefficient (Wildman–Crippen LogP) is 9.27. The molecule has 1 amide bonds. The average molecular weight is 1180 g/mol. The highest BCUT2D eigenvalue weighted by Gasteiger charge is 2.32. The van der Waals surface area contributed by atoms with E-state index < -0.39 is 57.5 Å². The normalized spacial score (nSPS) is 10.8. The van der Waals surface area contributed by atoms with Crippen LogP contribution in [0.5, 0.6) is 0 Å². The molecule has 0 aliphatic heterocycles. The number of ketones is 1. The maximum Gasteiger partial charge on any atom is 0.416 e. The van der Waals surface area contributed by atoms with E-state index in [9.17, 15) is 63.5 Å². The molecule has 0 radical (unpaired) electrons. The van der Waals surface area contributed by atoms with Crippen LogP contribution in [0, 0.1) is 11.3 Å². The van der Waals surface area contributed by atoms with Crippen molar-refractivity contribution < 1.29 is 109 Å². The van der Waals surface area contributed by atoms with Crippen LogP contribution in [-0.2, 0) is 75.2 Å². The van der Waals surface area contributed by atoms with E-state index in [1.54, 1.807) is 0 Å². The number of rotatable bonds is 15. The molecule has 0 bridgehead atoms. The van der Waals surface area contributed by atoms with Crippen LogP contribution in [0.4, 0.5) is 39.5 Å². The van der Waals surface area contributed by atoms with E-state index in [1.807, 2.05) is 6.07 Å². The van der Waals surface area contributed by atoms with Crippen LogP contribution in [0.15, 0.2) is 94.2 Å². The molecule has 0 aliphatic rings. The lowest BCUT2D eigenvalue weighted by atomic mass is 10.1. The molecular formula is C46H48BrF9N4O15S. The van der Waals surface area contributed by atoms with E-state index >= 15 is 0 Å². The van der Waals surface area contributed by atoms with Crippen molar-refractivity contribution >= 4 is 55.9 Å². The summed E-state index contributed by atoms with van der Waals surface area (Å²) in [5.74, 6) is -1.05. The van der Waals surface area contributed by atoms with Crippen LogP contribution in [-0.4, -0.2) is 95.5 Å². The number of esters is 3. The first-order valence-electron chi connectivity index (χ1n) is 21.0. The van der Waals surface area contributed by atoms with E-state index in [0.717, 1.165) is 36.4 Å². The van der Waals surface area contributed by atoms with Gasteiger partial charge in [-0.05, 0) is 42.8 Å². The highest BCUT2D eigenvalue weighted by molar-refractivity contribution is 9.09. The Morgan fingerprint density at radius 1 is 0.632 bits per heavy atom. The smallest absolute Gasteiger partial charge is 0.416 e. The maximum atomic E-state index is 12.5. The summed E-state index contributed by atoms with van der Waals surface area (Å²) in [6.45, 7) is 0.0397. The van der Waals surface area contributed by atoms with Gasteiger partial charge in [0.1, 0.15) is 23.9 Å². The van der Waals surface area contributed by atoms with Gasteiger partial charge in [0.25, 0.3) is 0 Å². The zero-order valence-corrected chi connectivity index (χ0v) is 42.4. The molecular weight excluding hydrogens is 1130 g/mol. The molecule has 3 aromatic carbocycles. The number of carbonyl (C=O) groups is 5. The summed E-state index contributed by atoms with van der Waals surface area (Å²) in [5.41, 5.74) is 4.84. The quantitative estimate of drug-likeness (QED) is 0.0189. The minimum Gasteiger partial charge on any atom is -0.469 e. The monoisotopic (exact) mass is 1180 g/mol. The van der Waals surface area contributed by atoms with Gasteiger partial charge in [0, 0.05) is 49.0 Å².